The normalized spacial score (nSPS) is 18.1. The third kappa shape index (κ3) is 9.87. The summed E-state index contributed by atoms with van der Waals surface area (Å²) in [5, 5.41) is 11.8. The van der Waals surface area contributed by atoms with Crippen LogP contribution < -0.4 is 0 Å². The Balaban J connectivity index is 3.29. The van der Waals surface area contributed by atoms with Crippen LogP contribution in [0.1, 0.15) is 115 Å². The van der Waals surface area contributed by atoms with E-state index in [1.54, 1.807) is 0 Å². The fraction of sp³-hybridized carbons (Fsp3) is 0.757. The Morgan fingerprint density at radius 1 is 0.841 bits per heavy atom. The van der Waals surface area contributed by atoms with Gasteiger partial charge in [0.1, 0.15) is 12.2 Å². The average molecular weight is 649 g/mol. The van der Waals surface area contributed by atoms with E-state index in [1.165, 1.54) is 0 Å². The molecule has 0 aliphatic heterocycles. The molecule has 7 heteroatoms. The first-order chi connectivity index (χ1) is 20.2. The lowest BCUT2D eigenvalue weighted by molar-refractivity contribution is -0.156. The van der Waals surface area contributed by atoms with E-state index < -0.39 is 40.4 Å². The molecule has 0 aliphatic carbocycles. The van der Waals surface area contributed by atoms with Crippen molar-refractivity contribution >= 4 is 22.6 Å². The Kier molecular flexibility index (Phi) is 15.3. The number of rotatable bonds is 17. The Labute approximate surface area is 273 Å². The Hall–Kier alpha value is -1.26. The summed E-state index contributed by atoms with van der Waals surface area (Å²) >= 11 is 0. The number of ether oxygens (including phenoxy) is 1. The summed E-state index contributed by atoms with van der Waals surface area (Å²) in [6, 6.07) is 13.3. The summed E-state index contributed by atoms with van der Waals surface area (Å²) in [5.41, 5.74) is 2.62. The standard InChI is InChI=1S/C37H68O5Si2/c1-17-32(41-44(18-2,19-3)20-4)37(13,14)34(38)28(7)26(5)27(6)30(9)40-35(39)33(42-43(15,16)36(10,11)12)29(8)31-24-22-21-23-25-31/h21-25,28-30,32-34,38H,17-20H2,1-16H3/b27-26+/t28-,29-,30?,32?,33+,34-/m0/s1. The highest BCUT2D eigenvalue weighted by molar-refractivity contribution is 6.74. The van der Waals surface area contributed by atoms with Crippen LogP contribution in [0, 0.1) is 11.3 Å². The lowest BCUT2D eigenvalue weighted by atomic mass is 9.72. The van der Waals surface area contributed by atoms with Gasteiger partial charge in [0.25, 0.3) is 0 Å². The van der Waals surface area contributed by atoms with Gasteiger partial charge < -0.3 is 18.7 Å². The molecular formula is C37H68O5Si2. The first-order valence-corrected chi connectivity index (χ1v) is 22.6. The van der Waals surface area contributed by atoms with E-state index >= 15 is 0 Å². The maximum absolute atomic E-state index is 13.9. The zero-order chi connectivity index (χ0) is 34.3. The first-order valence-electron chi connectivity index (χ1n) is 17.1. The van der Waals surface area contributed by atoms with Crippen molar-refractivity contribution in [1.82, 2.24) is 0 Å². The minimum absolute atomic E-state index is 0.0254. The zero-order valence-corrected chi connectivity index (χ0v) is 33.3. The number of carbonyl (C=O) groups excluding carboxylic acids is 1. The zero-order valence-electron chi connectivity index (χ0n) is 31.3. The largest absolute Gasteiger partial charge is 0.456 e. The van der Waals surface area contributed by atoms with Crippen LogP contribution in [0.3, 0.4) is 0 Å². The highest BCUT2D eigenvalue weighted by Crippen LogP contribution is 2.41. The fourth-order valence-corrected chi connectivity index (χ4v) is 10.3. The molecule has 0 fully saturated rings. The number of aliphatic hydroxyl groups excluding tert-OH is 1. The Bertz CT molecular complexity index is 1050. The van der Waals surface area contributed by atoms with Gasteiger partial charge in [-0.25, -0.2) is 4.79 Å². The van der Waals surface area contributed by atoms with E-state index in [9.17, 15) is 9.90 Å². The summed E-state index contributed by atoms with van der Waals surface area (Å²) in [6.07, 6.45) is -0.945. The third-order valence-electron chi connectivity index (χ3n) is 11.2. The predicted octanol–water partition coefficient (Wildman–Crippen LogP) is 10.3. The summed E-state index contributed by atoms with van der Waals surface area (Å²) < 4.78 is 19.9. The van der Waals surface area contributed by atoms with E-state index in [0.29, 0.717) is 0 Å². The van der Waals surface area contributed by atoms with Gasteiger partial charge in [-0.1, -0.05) is 112 Å². The molecule has 0 amide bonds. The minimum Gasteiger partial charge on any atom is -0.456 e. The van der Waals surface area contributed by atoms with Crippen LogP contribution in [0.15, 0.2) is 41.5 Å². The van der Waals surface area contributed by atoms with Crippen molar-refractivity contribution in [3.63, 3.8) is 0 Å². The number of aliphatic hydroxyl groups is 1. The van der Waals surface area contributed by atoms with Crippen LogP contribution in [0.4, 0.5) is 0 Å². The van der Waals surface area contributed by atoms with Crippen molar-refractivity contribution in [3.8, 4) is 0 Å². The van der Waals surface area contributed by atoms with E-state index in [-0.39, 0.29) is 28.9 Å². The first kappa shape index (κ1) is 40.8. The SMILES string of the molecule is CCC(O[Si](CC)(CC)CC)C(C)(C)[C@@H](O)[C@@H](C)/C(C)=C(\C)C(C)OC(=O)[C@H](O[Si](C)(C)C(C)(C)C)[C@@H](C)c1ccccc1. The van der Waals surface area contributed by atoms with E-state index in [4.69, 9.17) is 13.6 Å². The van der Waals surface area contributed by atoms with Crippen LogP contribution in [-0.2, 0) is 18.4 Å². The molecule has 1 aromatic rings. The lowest BCUT2D eigenvalue weighted by Gasteiger charge is -2.45. The predicted molar refractivity (Wildman–Crippen MR) is 192 cm³/mol. The van der Waals surface area contributed by atoms with Crippen molar-refractivity contribution in [2.24, 2.45) is 11.3 Å². The minimum atomic E-state index is -2.28. The fourth-order valence-electron chi connectivity index (χ4n) is 5.92. The van der Waals surface area contributed by atoms with Crippen molar-refractivity contribution in [2.75, 3.05) is 0 Å². The molecule has 5 nitrogen and oxygen atoms in total. The second kappa shape index (κ2) is 16.5. The summed E-state index contributed by atoms with van der Waals surface area (Å²) in [7, 11) is -4.12. The van der Waals surface area contributed by atoms with Gasteiger partial charge in [-0.05, 0) is 74.6 Å². The van der Waals surface area contributed by atoms with Gasteiger partial charge in [-0.2, -0.15) is 0 Å². The smallest absolute Gasteiger partial charge is 0.335 e. The van der Waals surface area contributed by atoms with Crippen molar-refractivity contribution in [3.05, 3.63) is 47.0 Å². The molecule has 0 saturated carbocycles. The number of esters is 1. The molecule has 0 heterocycles. The van der Waals surface area contributed by atoms with Gasteiger partial charge in [0.15, 0.2) is 16.6 Å². The van der Waals surface area contributed by atoms with Crippen LogP contribution in [0.5, 0.6) is 0 Å². The Morgan fingerprint density at radius 3 is 1.77 bits per heavy atom. The monoisotopic (exact) mass is 648 g/mol. The van der Waals surface area contributed by atoms with Gasteiger partial charge in [0.05, 0.1) is 12.2 Å². The number of carbonyl (C=O) groups is 1. The quantitative estimate of drug-likeness (QED) is 0.103. The summed E-state index contributed by atoms with van der Waals surface area (Å²) in [6.45, 7) is 34.2. The average Bonchev–Trinajstić information content (AvgIpc) is 2.98. The molecule has 6 atom stereocenters. The molecule has 1 aromatic carbocycles. The van der Waals surface area contributed by atoms with E-state index in [0.717, 1.165) is 41.3 Å². The molecule has 1 N–H and O–H groups in total. The van der Waals surface area contributed by atoms with Crippen molar-refractivity contribution in [1.29, 1.82) is 0 Å². The topological polar surface area (TPSA) is 65.0 Å². The van der Waals surface area contributed by atoms with Gasteiger partial charge >= 0.3 is 5.97 Å². The number of hydrogen-bond donors (Lipinski definition) is 1. The second-order valence-corrected chi connectivity index (χ2v) is 24.7. The molecular weight excluding hydrogens is 581 g/mol. The van der Waals surface area contributed by atoms with Crippen LogP contribution in [0.25, 0.3) is 0 Å². The van der Waals surface area contributed by atoms with Gasteiger partial charge in [-0.3, -0.25) is 0 Å². The highest BCUT2D eigenvalue weighted by atomic mass is 28.4. The molecule has 2 unspecified atom stereocenters. The molecule has 0 radical (unpaired) electrons. The van der Waals surface area contributed by atoms with Crippen molar-refractivity contribution in [2.45, 2.75) is 170 Å². The van der Waals surface area contributed by atoms with Crippen molar-refractivity contribution < 1.29 is 23.5 Å². The molecule has 0 aliphatic rings. The maximum atomic E-state index is 13.9. The van der Waals surface area contributed by atoms with Gasteiger partial charge in [0, 0.05) is 17.3 Å². The molecule has 254 valence electrons. The number of hydrogen-bond acceptors (Lipinski definition) is 5. The molecule has 0 spiro atoms. The molecule has 0 bridgehead atoms. The van der Waals surface area contributed by atoms with E-state index in [1.807, 2.05) is 51.1 Å². The molecule has 0 aromatic heterocycles. The lowest BCUT2D eigenvalue weighted by Crippen LogP contribution is -2.51. The maximum Gasteiger partial charge on any atom is 0.335 e. The number of benzene rings is 1. The third-order valence-corrected chi connectivity index (χ3v) is 20.3. The highest BCUT2D eigenvalue weighted by Gasteiger charge is 2.45. The second-order valence-electron chi connectivity index (χ2n) is 15.3. The van der Waals surface area contributed by atoms with Gasteiger partial charge in [0.2, 0.25) is 0 Å². The molecule has 1 rings (SSSR count). The Morgan fingerprint density at radius 2 is 1.34 bits per heavy atom. The summed E-state index contributed by atoms with van der Waals surface area (Å²) in [5.74, 6) is -0.626. The molecule has 0 saturated heterocycles. The molecule has 44 heavy (non-hydrogen) atoms. The van der Waals surface area contributed by atoms with Crippen LogP contribution in [-0.4, -0.2) is 52.1 Å². The van der Waals surface area contributed by atoms with Gasteiger partial charge in [-0.15, -0.1) is 0 Å². The van der Waals surface area contributed by atoms with Crippen LogP contribution >= 0.6 is 0 Å². The van der Waals surface area contributed by atoms with Crippen LogP contribution in [0.2, 0.25) is 36.3 Å². The van der Waals surface area contributed by atoms with E-state index in [2.05, 4.69) is 89.3 Å². The summed E-state index contributed by atoms with van der Waals surface area (Å²) in [4.78, 5) is 13.9.